The maximum absolute atomic E-state index is 13.7. The lowest BCUT2D eigenvalue weighted by atomic mass is 9.92. The fourth-order valence-corrected chi connectivity index (χ4v) is 8.86. The summed E-state index contributed by atoms with van der Waals surface area (Å²) >= 11 is 13.8. The van der Waals surface area contributed by atoms with E-state index in [1.54, 1.807) is 9.80 Å². The molecule has 2 saturated heterocycles. The number of anilines is 4. The van der Waals surface area contributed by atoms with Gasteiger partial charge in [-0.2, -0.15) is 0 Å². The zero-order valence-electron chi connectivity index (χ0n) is 31.6. The minimum absolute atomic E-state index is 0.257. The number of benzene rings is 6. The van der Waals surface area contributed by atoms with Crippen LogP contribution in [0, 0.1) is 0 Å². The quantitative estimate of drug-likeness (QED) is 0.159. The van der Waals surface area contributed by atoms with Gasteiger partial charge in [-0.15, -0.1) is 0 Å². The summed E-state index contributed by atoms with van der Waals surface area (Å²) in [4.78, 5) is 33.8. The Morgan fingerprint density at radius 2 is 0.690 bits per heavy atom. The Morgan fingerprint density at radius 1 is 0.431 bits per heavy atom. The van der Waals surface area contributed by atoms with Crippen LogP contribution in [0.15, 0.2) is 176 Å². The van der Waals surface area contributed by atoms with E-state index < -0.39 is 23.5 Å². The van der Waals surface area contributed by atoms with Crippen molar-refractivity contribution in [3.05, 3.63) is 187 Å². The van der Waals surface area contributed by atoms with Crippen LogP contribution in [0.25, 0.3) is 0 Å². The Bertz CT molecular complexity index is 2190. The van der Waals surface area contributed by atoms with Gasteiger partial charge in [0, 0.05) is 40.6 Å². The summed E-state index contributed by atoms with van der Waals surface area (Å²) in [6.45, 7) is 3.81. The van der Waals surface area contributed by atoms with Crippen molar-refractivity contribution in [1.29, 1.82) is 0 Å². The summed E-state index contributed by atoms with van der Waals surface area (Å²) in [5.41, 5.74) is 1.74. The smallest absolute Gasteiger partial charge is 0.332 e. The van der Waals surface area contributed by atoms with Crippen molar-refractivity contribution in [1.82, 2.24) is 0 Å². The highest BCUT2D eigenvalue weighted by Gasteiger charge is 2.58. The Hall–Kier alpha value is -4.30. The molecule has 12 heteroatoms. The van der Waals surface area contributed by atoms with Crippen LogP contribution in [0.3, 0.4) is 0 Å². The largest absolute Gasteiger partial charge is 0.368 e. The standard InChI is InChI=1S/2C23H20Br2N2O2/c2*1-2-23(29)21(16-6-4-3-5-7-16)26(19-12-8-17(24)9-13-19)22(28)27(23)20-14-10-18(25)11-15-20/h2*3-15,21,29H,2H2,1H3/t2*21-,23?/m10/s1. The van der Waals surface area contributed by atoms with Crippen molar-refractivity contribution >= 4 is 98.5 Å². The van der Waals surface area contributed by atoms with Crippen molar-refractivity contribution in [2.75, 3.05) is 19.6 Å². The molecule has 2 aliphatic heterocycles. The Balaban J connectivity index is 0.000000177. The number of amides is 4. The fourth-order valence-electron chi connectivity index (χ4n) is 7.80. The number of hydrogen-bond acceptors (Lipinski definition) is 4. The molecule has 4 atom stereocenters. The number of urea groups is 2. The Labute approximate surface area is 372 Å². The van der Waals surface area contributed by atoms with Gasteiger partial charge in [0.2, 0.25) is 0 Å². The predicted octanol–water partition coefficient (Wildman–Crippen LogP) is 13.0. The molecule has 4 amide bonds. The number of carbonyl (C=O) groups excluding carboxylic acids is 2. The number of aliphatic hydroxyl groups is 2. The summed E-state index contributed by atoms with van der Waals surface area (Å²) < 4.78 is 3.69. The number of halogens is 4. The van der Waals surface area contributed by atoms with Crippen molar-refractivity contribution in [2.24, 2.45) is 0 Å². The van der Waals surface area contributed by atoms with E-state index >= 15 is 0 Å². The lowest BCUT2D eigenvalue weighted by Crippen LogP contribution is -2.48. The molecule has 2 fully saturated rings. The topological polar surface area (TPSA) is 87.6 Å². The van der Waals surface area contributed by atoms with Crippen molar-refractivity contribution in [3.8, 4) is 0 Å². The SMILES string of the molecule is CCC1(O)[C@@H](c2ccccc2)N(c2ccc(Br)cc2)C(=O)N1c1ccc(Br)cc1.CCC1(O)[C@H](c2ccccc2)N(c2ccc(Br)cc2)C(=O)N1c1ccc(Br)cc1. The normalized spacial score (nSPS) is 21.7. The first-order valence-corrected chi connectivity index (χ1v) is 21.9. The van der Waals surface area contributed by atoms with Crippen molar-refractivity contribution in [3.63, 3.8) is 0 Å². The number of rotatable bonds is 8. The molecule has 8 nitrogen and oxygen atoms in total. The fraction of sp³-hybridized carbons (Fsp3) is 0.174. The van der Waals surface area contributed by atoms with Crippen LogP contribution in [-0.2, 0) is 0 Å². The molecule has 0 spiro atoms. The second kappa shape index (κ2) is 17.5. The number of nitrogens with zero attached hydrogens (tertiary/aromatic N) is 4. The third kappa shape index (κ3) is 7.90. The van der Waals surface area contributed by atoms with Gasteiger partial charge in [0.15, 0.2) is 11.4 Å². The third-order valence-corrected chi connectivity index (χ3v) is 12.7. The van der Waals surface area contributed by atoms with Gasteiger partial charge in [0.25, 0.3) is 0 Å². The molecule has 2 N–H and O–H groups in total. The van der Waals surface area contributed by atoms with Gasteiger partial charge in [-0.3, -0.25) is 19.6 Å². The number of hydrogen-bond donors (Lipinski definition) is 2. The molecular weight excluding hydrogens is 992 g/mol. The maximum Gasteiger partial charge on any atom is 0.332 e. The monoisotopic (exact) mass is 1030 g/mol. The molecule has 0 bridgehead atoms. The molecule has 8 rings (SSSR count). The summed E-state index contributed by atoms with van der Waals surface area (Å²) in [5.74, 6) is 0. The highest BCUT2D eigenvalue weighted by molar-refractivity contribution is 9.11. The summed E-state index contributed by atoms with van der Waals surface area (Å²) in [7, 11) is 0. The van der Waals surface area contributed by atoms with E-state index in [-0.39, 0.29) is 12.1 Å². The highest BCUT2D eigenvalue weighted by atomic mass is 79.9. The molecule has 2 unspecified atom stereocenters. The van der Waals surface area contributed by atoms with Crippen LogP contribution < -0.4 is 19.6 Å². The van der Waals surface area contributed by atoms with E-state index in [9.17, 15) is 19.8 Å². The second-order valence-electron chi connectivity index (χ2n) is 14.0. The Kier molecular flexibility index (Phi) is 12.6. The summed E-state index contributed by atoms with van der Waals surface area (Å²) in [5, 5.41) is 23.8. The minimum atomic E-state index is -1.40. The molecule has 2 heterocycles. The van der Waals surface area contributed by atoms with Crippen LogP contribution in [0.1, 0.15) is 49.9 Å². The first-order chi connectivity index (χ1) is 27.9. The molecule has 0 aliphatic carbocycles. The average Bonchev–Trinajstić information content (AvgIpc) is 3.62. The lowest BCUT2D eigenvalue weighted by Gasteiger charge is -2.36. The molecule has 2 aliphatic rings. The first-order valence-electron chi connectivity index (χ1n) is 18.7. The van der Waals surface area contributed by atoms with E-state index in [1.165, 1.54) is 9.80 Å². The van der Waals surface area contributed by atoms with Gasteiger partial charge < -0.3 is 10.2 Å². The van der Waals surface area contributed by atoms with Crippen LogP contribution >= 0.6 is 63.7 Å². The molecule has 296 valence electrons. The van der Waals surface area contributed by atoms with Crippen LogP contribution in [0.5, 0.6) is 0 Å². The zero-order chi connectivity index (χ0) is 41.2. The van der Waals surface area contributed by atoms with Crippen LogP contribution in [0.2, 0.25) is 0 Å². The second-order valence-corrected chi connectivity index (χ2v) is 17.6. The van der Waals surface area contributed by atoms with Gasteiger partial charge in [-0.25, -0.2) is 9.59 Å². The van der Waals surface area contributed by atoms with Gasteiger partial charge in [0.05, 0.1) is 0 Å². The molecule has 0 radical (unpaired) electrons. The van der Waals surface area contributed by atoms with Gasteiger partial charge in [-0.1, -0.05) is 138 Å². The van der Waals surface area contributed by atoms with E-state index in [1.807, 2.05) is 172 Å². The molecule has 0 aromatic heterocycles. The molecular formula is C46H40Br4N4O4. The third-order valence-electron chi connectivity index (χ3n) is 10.6. The summed E-state index contributed by atoms with van der Waals surface area (Å²) in [6, 6.07) is 47.8. The summed E-state index contributed by atoms with van der Waals surface area (Å²) in [6.07, 6.45) is 0.753. The van der Waals surface area contributed by atoms with Crippen LogP contribution in [0.4, 0.5) is 32.3 Å². The van der Waals surface area contributed by atoms with E-state index in [0.717, 1.165) is 40.4 Å². The van der Waals surface area contributed by atoms with Crippen LogP contribution in [-0.4, -0.2) is 33.7 Å². The number of carbonyl (C=O) groups is 2. The molecule has 58 heavy (non-hydrogen) atoms. The molecule has 6 aromatic rings. The predicted molar refractivity (Wildman–Crippen MR) is 246 cm³/mol. The Morgan fingerprint density at radius 3 is 0.948 bits per heavy atom. The van der Waals surface area contributed by atoms with E-state index in [2.05, 4.69) is 63.7 Å². The minimum Gasteiger partial charge on any atom is -0.368 e. The van der Waals surface area contributed by atoms with Gasteiger partial charge in [-0.05, 0) is 121 Å². The van der Waals surface area contributed by atoms with Gasteiger partial charge >= 0.3 is 12.1 Å². The van der Waals surface area contributed by atoms with E-state index in [0.29, 0.717) is 24.2 Å². The van der Waals surface area contributed by atoms with Crippen molar-refractivity contribution < 1.29 is 19.8 Å². The first kappa shape index (κ1) is 41.8. The average molecular weight is 1030 g/mol. The maximum atomic E-state index is 13.7. The van der Waals surface area contributed by atoms with E-state index in [4.69, 9.17) is 0 Å². The lowest BCUT2D eigenvalue weighted by molar-refractivity contribution is 0.0308. The van der Waals surface area contributed by atoms with Crippen molar-refractivity contribution in [2.45, 2.75) is 50.2 Å². The van der Waals surface area contributed by atoms with Gasteiger partial charge in [0.1, 0.15) is 12.1 Å². The highest BCUT2D eigenvalue weighted by Crippen LogP contribution is 2.50. The zero-order valence-corrected chi connectivity index (χ0v) is 37.9. The molecule has 0 saturated carbocycles. The molecule has 6 aromatic carbocycles.